The van der Waals surface area contributed by atoms with Gasteiger partial charge in [-0.25, -0.2) is 19.7 Å². The Balaban J connectivity index is 1.77. The van der Waals surface area contributed by atoms with Crippen LogP contribution in [0.2, 0.25) is 5.02 Å². The molecule has 0 unspecified atom stereocenters. The molecule has 13 heteroatoms. The van der Waals surface area contributed by atoms with E-state index in [0.717, 1.165) is 12.1 Å². The number of nitrogens with zero attached hydrogens (tertiary/aromatic N) is 5. The Kier molecular flexibility index (Phi) is 6.03. The van der Waals surface area contributed by atoms with Crippen molar-refractivity contribution in [2.45, 2.75) is 19.1 Å². The lowest BCUT2D eigenvalue weighted by Crippen LogP contribution is -2.33. The SMILES string of the molecule is C[C@H](NC(=O)Nc1cc(C(F)(F)F)c(Cl)cc1Br)c1ncnn1-c1ncccn1. The van der Waals surface area contributed by atoms with Crippen LogP contribution >= 0.6 is 27.5 Å². The van der Waals surface area contributed by atoms with Crippen LogP contribution in [0.15, 0.2) is 41.4 Å². The van der Waals surface area contributed by atoms with E-state index in [4.69, 9.17) is 11.6 Å². The number of aromatic nitrogens is 5. The summed E-state index contributed by atoms with van der Waals surface area (Å²) in [6, 6.07) is 2.03. The molecule has 3 aromatic rings. The molecule has 1 aromatic carbocycles. The molecule has 0 aliphatic heterocycles. The minimum atomic E-state index is -4.66. The molecule has 0 fully saturated rings. The predicted molar refractivity (Wildman–Crippen MR) is 102 cm³/mol. The Morgan fingerprint density at radius 2 is 1.93 bits per heavy atom. The molecule has 0 spiro atoms. The quantitative estimate of drug-likeness (QED) is 0.566. The first-order chi connectivity index (χ1) is 13.7. The zero-order valence-corrected chi connectivity index (χ0v) is 16.9. The molecule has 152 valence electrons. The molecular formula is C16H12BrClF3N7O. The van der Waals surface area contributed by atoms with Crippen LogP contribution in [0.5, 0.6) is 0 Å². The predicted octanol–water partition coefficient (Wildman–Crippen LogP) is 4.37. The van der Waals surface area contributed by atoms with Gasteiger partial charge in [-0.15, -0.1) is 0 Å². The number of anilines is 1. The summed E-state index contributed by atoms with van der Waals surface area (Å²) >= 11 is 8.73. The molecular weight excluding hydrogens is 479 g/mol. The molecule has 2 aromatic heterocycles. The Morgan fingerprint density at radius 1 is 1.24 bits per heavy atom. The highest BCUT2D eigenvalue weighted by Crippen LogP contribution is 2.39. The summed E-state index contributed by atoms with van der Waals surface area (Å²) < 4.78 is 40.7. The molecule has 0 radical (unpaired) electrons. The number of urea groups is 1. The molecule has 0 aliphatic carbocycles. The second-order valence-corrected chi connectivity index (χ2v) is 6.97. The molecule has 0 saturated heterocycles. The van der Waals surface area contributed by atoms with Gasteiger partial charge in [0.15, 0.2) is 5.82 Å². The van der Waals surface area contributed by atoms with Crippen molar-refractivity contribution in [3.8, 4) is 5.95 Å². The van der Waals surface area contributed by atoms with Crippen LogP contribution in [0.25, 0.3) is 5.95 Å². The van der Waals surface area contributed by atoms with Crippen molar-refractivity contribution in [1.82, 2.24) is 30.0 Å². The fraction of sp³-hybridized carbons (Fsp3) is 0.188. The number of benzene rings is 1. The molecule has 2 N–H and O–H groups in total. The summed E-state index contributed by atoms with van der Waals surface area (Å²) in [5.74, 6) is 0.585. The summed E-state index contributed by atoms with van der Waals surface area (Å²) in [6.07, 6.45) is -0.346. The minimum Gasteiger partial charge on any atom is -0.328 e. The lowest BCUT2D eigenvalue weighted by molar-refractivity contribution is -0.137. The van der Waals surface area contributed by atoms with Gasteiger partial charge in [0.1, 0.15) is 6.33 Å². The lowest BCUT2D eigenvalue weighted by atomic mass is 10.2. The third-order valence-electron chi connectivity index (χ3n) is 3.66. The maximum atomic E-state index is 13.0. The Hall–Kier alpha value is -2.73. The summed E-state index contributed by atoms with van der Waals surface area (Å²) in [4.78, 5) is 24.5. The number of hydrogen-bond donors (Lipinski definition) is 2. The number of amides is 2. The monoisotopic (exact) mass is 489 g/mol. The van der Waals surface area contributed by atoms with Crippen molar-refractivity contribution >= 4 is 39.2 Å². The fourth-order valence-electron chi connectivity index (χ4n) is 2.38. The van der Waals surface area contributed by atoms with Crippen molar-refractivity contribution < 1.29 is 18.0 Å². The van der Waals surface area contributed by atoms with Gasteiger partial charge < -0.3 is 10.6 Å². The topological polar surface area (TPSA) is 97.6 Å². The molecule has 1 atom stereocenters. The van der Waals surface area contributed by atoms with Gasteiger partial charge in [-0.3, -0.25) is 0 Å². The van der Waals surface area contributed by atoms with Gasteiger partial charge in [-0.1, -0.05) is 11.6 Å². The second kappa shape index (κ2) is 8.33. The number of halogens is 5. The van der Waals surface area contributed by atoms with E-state index in [9.17, 15) is 18.0 Å². The summed E-state index contributed by atoms with van der Waals surface area (Å²) in [5, 5.41) is 8.47. The van der Waals surface area contributed by atoms with E-state index in [1.807, 2.05) is 0 Å². The Morgan fingerprint density at radius 3 is 2.59 bits per heavy atom. The van der Waals surface area contributed by atoms with E-state index < -0.39 is 28.8 Å². The lowest BCUT2D eigenvalue weighted by Gasteiger charge is -2.17. The first kappa shape index (κ1) is 21.0. The third kappa shape index (κ3) is 4.82. The minimum absolute atomic E-state index is 0.0979. The van der Waals surface area contributed by atoms with Crippen LogP contribution in [-0.4, -0.2) is 30.8 Å². The van der Waals surface area contributed by atoms with Gasteiger partial charge in [0, 0.05) is 16.9 Å². The second-order valence-electron chi connectivity index (χ2n) is 5.71. The van der Waals surface area contributed by atoms with E-state index in [1.165, 1.54) is 23.4 Å². The van der Waals surface area contributed by atoms with Crippen LogP contribution in [0.3, 0.4) is 0 Å². The highest BCUT2D eigenvalue weighted by molar-refractivity contribution is 9.10. The molecule has 29 heavy (non-hydrogen) atoms. The largest absolute Gasteiger partial charge is 0.417 e. The van der Waals surface area contributed by atoms with Crippen LogP contribution < -0.4 is 10.6 Å². The van der Waals surface area contributed by atoms with E-state index in [2.05, 4.69) is 46.6 Å². The van der Waals surface area contributed by atoms with Crippen LogP contribution in [0.4, 0.5) is 23.7 Å². The van der Waals surface area contributed by atoms with E-state index in [0.29, 0.717) is 5.82 Å². The van der Waals surface area contributed by atoms with Gasteiger partial charge in [-0.2, -0.15) is 23.0 Å². The fourth-order valence-corrected chi connectivity index (χ4v) is 3.23. The maximum Gasteiger partial charge on any atom is 0.417 e. The van der Waals surface area contributed by atoms with Crippen LogP contribution in [-0.2, 0) is 6.18 Å². The zero-order chi connectivity index (χ0) is 21.2. The average Bonchev–Trinajstić information content (AvgIpc) is 3.13. The van der Waals surface area contributed by atoms with Crippen molar-refractivity contribution in [2.75, 3.05) is 5.32 Å². The number of alkyl halides is 3. The third-order valence-corrected chi connectivity index (χ3v) is 4.63. The van der Waals surface area contributed by atoms with Gasteiger partial charge in [0.25, 0.3) is 5.95 Å². The van der Waals surface area contributed by atoms with Gasteiger partial charge in [0.05, 0.1) is 22.3 Å². The van der Waals surface area contributed by atoms with Crippen molar-refractivity contribution in [1.29, 1.82) is 0 Å². The molecule has 0 aliphatic rings. The van der Waals surface area contributed by atoms with Crippen LogP contribution in [0, 0.1) is 0 Å². The molecule has 0 saturated carbocycles. The standard InChI is InChI=1S/C16H12BrClF3N7O/c1-8(13-24-7-25-28(13)14-22-3-2-4-23-14)26-15(29)27-12-5-9(16(19,20)21)11(18)6-10(12)17/h2-8H,1H3,(H2,26,27,29)/t8-/m0/s1. The van der Waals surface area contributed by atoms with Gasteiger partial charge in [-0.05, 0) is 41.1 Å². The average molecular weight is 491 g/mol. The molecule has 0 bridgehead atoms. The number of carbonyl (C=O) groups excluding carboxylic acids is 1. The zero-order valence-electron chi connectivity index (χ0n) is 14.6. The van der Waals surface area contributed by atoms with E-state index in [-0.39, 0.29) is 16.1 Å². The Bertz CT molecular complexity index is 1030. The van der Waals surface area contributed by atoms with E-state index >= 15 is 0 Å². The number of rotatable bonds is 4. The number of nitrogens with one attached hydrogen (secondary N) is 2. The summed E-state index contributed by atoms with van der Waals surface area (Å²) in [7, 11) is 0. The van der Waals surface area contributed by atoms with Gasteiger partial charge in [0.2, 0.25) is 0 Å². The van der Waals surface area contributed by atoms with Crippen molar-refractivity contribution in [2.24, 2.45) is 0 Å². The molecule has 2 amide bonds. The first-order valence-electron chi connectivity index (χ1n) is 7.98. The summed E-state index contributed by atoms with van der Waals surface area (Å²) in [5.41, 5.74) is -1.16. The maximum absolute atomic E-state index is 13.0. The van der Waals surface area contributed by atoms with Crippen molar-refractivity contribution in [3.63, 3.8) is 0 Å². The van der Waals surface area contributed by atoms with Gasteiger partial charge >= 0.3 is 12.2 Å². The number of carbonyl (C=O) groups is 1. The first-order valence-corrected chi connectivity index (χ1v) is 9.15. The molecule has 2 heterocycles. The molecule has 8 nitrogen and oxygen atoms in total. The smallest absolute Gasteiger partial charge is 0.328 e. The van der Waals surface area contributed by atoms with Crippen molar-refractivity contribution in [3.05, 3.63) is 57.8 Å². The normalized spacial score (nSPS) is 12.5. The highest BCUT2D eigenvalue weighted by Gasteiger charge is 2.34. The number of hydrogen-bond acceptors (Lipinski definition) is 5. The Labute approximate surface area is 175 Å². The van der Waals surface area contributed by atoms with Crippen LogP contribution in [0.1, 0.15) is 24.4 Å². The summed E-state index contributed by atoms with van der Waals surface area (Å²) in [6.45, 7) is 1.63. The molecule has 3 rings (SSSR count). The van der Waals surface area contributed by atoms with E-state index in [1.54, 1.807) is 13.0 Å². The highest BCUT2D eigenvalue weighted by atomic mass is 79.9.